The van der Waals surface area contributed by atoms with Crippen LogP contribution in [0.3, 0.4) is 0 Å². The molecule has 0 bridgehead atoms. The van der Waals surface area contributed by atoms with Gasteiger partial charge in [0.1, 0.15) is 0 Å². The fourth-order valence-corrected chi connectivity index (χ4v) is 2.21. The van der Waals surface area contributed by atoms with E-state index in [9.17, 15) is 9.59 Å². The van der Waals surface area contributed by atoms with Gasteiger partial charge >= 0.3 is 0 Å². The monoisotopic (exact) mass is 293 g/mol. The molecule has 3 heteroatoms. The molecule has 2 aromatic carbocycles. The molecule has 1 unspecified atom stereocenters. The average Bonchev–Trinajstić information content (AvgIpc) is 2.55. The Kier molecular flexibility index (Phi) is 5.26. The van der Waals surface area contributed by atoms with Crippen LogP contribution in [0.5, 0.6) is 0 Å². The standard InChI is InChI=1S/C19H19NO2/c1-3-19(22)20-17(15-11-9-14(2)10-12-15)13-18(21)16-7-5-4-6-8-16/h3-12,17H,1,13H2,2H3,(H,20,22). The van der Waals surface area contributed by atoms with Gasteiger partial charge in [0.2, 0.25) is 5.91 Å². The van der Waals surface area contributed by atoms with Crippen LogP contribution in [0.1, 0.15) is 33.9 Å². The van der Waals surface area contributed by atoms with Crippen LogP contribution >= 0.6 is 0 Å². The number of rotatable bonds is 6. The van der Waals surface area contributed by atoms with Crippen molar-refractivity contribution in [3.05, 3.63) is 83.9 Å². The summed E-state index contributed by atoms with van der Waals surface area (Å²) in [5, 5.41) is 2.83. The summed E-state index contributed by atoms with van der Waals surface area (Å²) >= 11 is 0. The third-order valence-electron chi connectivity index (χ3n) is 3.47. The molecular formula is C19H19NO2. The third kappa shape index (κ3) is 4.16. The van der Waals surface area contributed by atoms with Crippen molar-refractivity contribution in [2.75, 3.05) is 0 Å². The van der Waals surface area contributed by atoms with Crippen molar-refractivity contribution in [1.82, 2.24) is 5.32 Å². The molecule has 1 N–H and O–H groups in total. The Balaban J connectivity index is 2.21. The lowest BCUT2D eigenvalue weighted by Gasteiger charge is -2.18. The van der Waals surface area contributed by atoms with Crippen molar-refractivity contribution >= 4 is 11.7 Å². The molecule has 2 rings (SSSR count). The van der Waals surface area contributed by atoms with E-state index < -0.39 is 0 Å². The van der Waals surface area contributed by atoms with Crippen LogP contribution in [0.4, 0.5) is 0 Å². The largest absolute Gasteiger partial charge is 0.345 e. The van der Waals surface area contributed by atoms with Crippen LogP contribution in [0, 0.1) is 6.92 Å². The molecular weight excluding hydrogens is 274 g/mol. The zero-order valence-corrected chi connectivity index (χ0v) is 12.6. The van der Waals surface area contributed by atoms with Gasteiger partial charge in [-0.25, -0.2) is 0 Å². The van der Waals surface area contributed by atoms with E-state index in [-0.39, 0.29) is 24.2 Å². The second kappa shape index (κ2) is 7.36. The smallest absolute Gasteiger partial charge is 0.243 e. The summed E-state index contributed by atoms with van der Waals surface area (Å²) in [5.41, 5.74) is 2.68. The van der Waals surface area contributed by atoms with Crippen molar-refractivity contribution in [3.8, 4) is 0 Å². The quantitative estimate of drug-likeness (QED) is 0.653. The van der Waals surface area contributed by atoms with Gasteiger partial charge in [0.15, 0.2) is 5.78 Å². The van der Waals surface area contributed by atoms with Gasteiger partial charge in [-0.15, -0.1) is 0 Å². The van der Waals surface area contributed by atoms with E-state index in [1.807, 2.05) is 49.4 Å². The minimum absolute atomic E-state index is 0.00413. The first-order chi connectivity index (χ1) is 10.6. The van der Waals surface area contributed by atoms with Gasteiger partial charge in [0, 0.05) is 12.0 Å². The molecule has 0 radical (unpaired) electrons. The molecule has 1 atom stereocenters. The number of amides is 1. The van der Waals surface area contributed by atoms with Gasteiger partial charge in [-0.3, -0.25) is 9.59 Å². The van der Waals surface area contributed by atoms with E-state index in [0.29, 0.717) is 5.56 Å². The molecule has 0 saturated carbocycles. The van der Waals surface area contributed by atoms with E-state index in [1.54, 1.807) is 12.1 Å². The Morgan fingerprint density at radius 1 is 1.09 bits per heavy atom. The number of carbonyl (C=O) groups is 2. The lowest BCUT2D eigenvalue weighted by atomic mass is 9.97. The number of hydrogen-bond donors (Lipinski definition) is 1. The number of ketones is 1. The number of benzene rings is 2. The van der Waals surface area contributed by atoms with Gasteiger partial charge in [-0.1, -0.05) is 66.7 Å². The Labute approximate surface area is 130 Å². The van der Waals surface area contributed by atoms with Crippen LogP contribution in [-0.2, 0) is 4.79 Å². The summed E-state index contributed by atoms with van der Waals surface area (Å²) in [6.07, 6.45) is 1.43. The molecule has 0 heterocycles. The highest BCUT2D eigenvalue weighted by molar-refractivity contribution is 5.97. The molecule has 112 valence electrons. The molecule has 3 nitrogen and oxygen atoms in total. The van der Waals surface area contributed by atoms with Crippen molar-refractivity contribution < 1.29 is 9.59 Å². The number of carbonyl (C=O) groups excluding carboxylic acids is 2. The Bertz CT molecular complexity index is 660. The van der Waals surface area contributed by atoms with Crippen LogP contribution in [0.2, 0.25) is 0 Å². The molecule has 22 heavy (non-hydrogen) atoms. The van der Waals surface area contributed by atoms with Crippen molar-refractivity contribution in [2.45, 2.75) is 19.4 Å². The summed E-state index contributed by atoms with van der Waals surface area (Å²) in [6.45, 7) is 5.46. The third-order valence-corrected chi connectivity index (χ3v) is 3.47. The highest BCUT2D eigenvalue weighted by atomic mass is 16.1. The minimum Gasteiger partial charge on any atom is -0.345 e. The molecule has 0 saturated heterocycles. The summed E-state index contributed by atoms with van der Waals surface area (Å²) in [6, 6.07) is 16.5. The summed E-state index contributed by atoms with van der Waals surface area (Å²) in [7, 11) is 0. The molecule has 1 amide bonds. The molecule has 0 fully saturated rings. The van der Waals surface area contributed by atoms with Crippen LogP contribution < -0.4 is 5.32 Å². The van der Waals surface area contributed by atoms with Gasteiger partial charge in [-0.2, -0.15) is 0 Å². The molecule has 0 aromatic heterocycles. The zero-order valence-electron chi connectivity index (χ0n) is 12.6. The predicted molar refractivity (Wildman–Crippen MR) is 87.6 cm³/mol. The number of aryl methyl sites for hydroxylation is 1. The van der Waals surface area contributed by atoms with Gasteiger partial charge in [-0.05, 0) is 18.6 Å². The first kappa shape index (κ1) is 15.7. The SMILES string of the molecule is C=CC(=O)NC(CC(=O)c1ccccc1)c1ccc(C)cc1. The Morgan fingerprint density at radius 3 is 2.32 bits per heavy atom. The number of nitrogens with one attached hydrogen (secondary N) is 1. The highest BCUT2D eigenvalue weighted by Gasteiger charge is 2.18. The van der Waals surface area contributed by atoms with E-state index in [2.05, 4.69) is 11.9 Å². The zero-order chi connectivity index (χ0) is 15.9. The number of hydrogen-bond acceptors (Lipinski definition) is 2. The topological polar surface area (TPSA) is 46.2 Å². The van der Waals surface area contributed by atoms with Gasteiger partial charge < -0.3 is 5.32 Å². The van der Waals surface area contributed by atoms with Gasteiger partial charge in [0.05, 0.1) is 6.04 Å². The fraction of sp³-hybridized carbons (Fsp3) is 0.158. The normalized spacial score (nSPS) is 11.5. The second-order valence-electron chi connectivity index (χ2n) is 5.17. The summed E-state index contributed by atoms with van der Waals surface area (Å²) in [5.74, 6) is -0.290. The molecule has 0 spiro atoms. The van der Waals surface area contributed by atoms with Crippen LogP contribution in [0.25, 0.3) is 0 Å². The number of Topliss-reactive ketones (excluding diaryl/α,β-unsaturated/α-hetero) is 1. The minimum atomic E-state index is -0.362. The molecule has 0 aliphatic carbocycles. The highest BCUT2D eigenvalue weighted by Crippen LogP contribution is 2.20. The first-order valence-electron chi connectivity index (χ1n) is 7.18. The lowest BCUT2D eigenvalue weighted by Crippen LogP contribution is -2.28. The first-order valence-corrected chi connectivity index (χ1v) is 7.18. The second-order valence-corrected chi connectivity index (χ2v) is 5.17. The van der Waals surface area contributed by atoms with Crippen molar-refractivity contribution in [1.29, 1.82) is 0 Å². The van der Waals surface area contributed by atoms with E-state index >= 15 is 0 Å². The summed E-state index contributed by atoms with van der Waals surface area (Å²) < 4.78 is 0. The molecule has 0 aliphatic heterocycles. The van der Waals surface area contributed by atoms with Gasteiger partial charge in [0.25, 0.3) is 0 Å². The maximum atomic E-state index is 12.4. The van der Waals surface area contributed by atoms with Crippen LogP contribution in [-0.4, -0.2) is 11.7 Å². The Hall–Kier alpha value is -2.68. The van der Waals surface area contributed by atoms with Crippen LogP contribution in [0.15, 0.2) is 67.3 Å². The van der Waals surface area contributed by atoms with E-state index in [1.165, 1.54) is 6.08 Å². The molecule has 0 aliphatic rings. The van der Waals surface area contributed by atoms with E-state index in [0.717, 1.165) is 11.1 Å². The van der Waals surface area contributed by atoms with E-state index in [4.69, 9.17) is 0 Å². The predicted octanol–water partition coefficient (Wildman–Crippen LogP) is 3.61. The lowest BCUT2D eigenvalue weighted by molar-refractivity contribution is -0.117. The van der Waals surface area contributed by atoms with Crippen molar-refractivity contribution in [3.63, 3.8) is 0 Å². The maximum Gasteiger partial charge on any atom is 0.243 e. The average molecular weight is 293 g/mol. The molecule has 2 aromatic rings. The van der Waals surface area contributed by atoms with Crippen molar-refractivity contribution in [2.24, 2.45) is 0 Å². The fourth-order valence-electron chi connectivity index (χ4n) is 2.21. The Morgan fingerprint density at radius 2 is 1.73 bits per heavy atom. The maximum absolute atomic E-state index is 12.4. The summed E-state index contributed by atoms with van der Waals surface area (Å²) in [4.78, 5) is 24.0.